The van der Waals surface area contributed by atoms with Gasteiger partial charge in [0.05, 0.1) is 16.5 Å². The molecule has 0 atom stereocenters. The highest BCUT2D eigenvalue weighted by atomic mass is 79.9. The van der Waals surface area contributed by atoms with Gasteiger partial charge in [0.25, 0.3) is 0 Å². The van der Waals surface area contributed by atoms with E-state index in [1.165, 1.54) is 6.92 Å². The molecule has 0 saturated heterocycles. The predicted octanol–water partition coefficient (Wildman–Crippen LogP) is 3.00. The van der Waals surface area contributed by atoms with E-state index in [9.17, 15) is 12.8 Å². The Morgan fingerprint density at radius 1 is 1.53 bits per heavy atom. The van der Waals surface area contributed by atoms with Crippen LogP contribution in [-0.2, 0) is 10.0 Å². The third kappa shape index (κ3) is 3.32. The van der Waals surface area contributed by atoms with E-state index in [2.05, 4.69) is 20.7 Å². The number of sulfonamides is 1. The molecule has 15 heavy (non-hydrogen) atoms. The van der Waals surface area contributed by atoms with E-state index in [1.807, 2.05) is 0 Å². The third-order valence-electron chi connectivity index (χ3n) is 1.64. The second kappa shape index (κ2) is 4.67. The van der Waals surface area contributed by atoms with E-state index < -0.39 is 15.8 Å². The van der Waals surface area contributed by atoms with Gasteiger partial charge in [0.1, 0.15) is 5.82 Å². The van der Waals surface area contributed by atoms with Gasteiger partial charge in [-0.05, 0) is 35.0 Å². The lowest BCUT2D eigenvalue weighted by molar-refractivity contribution is 0.602. The molecule has 0 fully saturated rings. The van der Waals surface area contributed by atoms with Crippen molar-refractivity contribution in [2.45, 2.75) is 6.92 Å². The molecule has 0 aliphatic carbocycles. The molecule has 0 saturated carbocycles. The van der Waals surface area contributed by atoms with E-state index in [1.54, 1.807) is 0 Å². The summed E-state index contributed by atoms with van der Waals surface area (Å²) in [5, 5.41) is 0.0129. The standard InChI is InChI=1S/C8H8BrClFNO2S/c1-2-15(13,14)12-8-6(9)3-5(11)4-7(8)10/h3-4,12H,2H2,1H3. The quantitative estimate of drug-likeness (QED) is 0.932. The molecule has 1 rings (SSSR count). The largest absolute Gasteiger partial charge is 0.281 e. The first-order valence-electron chi connectivity index (χ1n) is 4.00. The lowest BCUT2D eigenvalue weighted by Crippen LogP contribution is -2.15. The van der Waals surface area contributed by atoms with Crippen molar-refractivity contribution in [1.82, 2.24) is 0 Å². The van der Waals surface area contributed by atoms with Crippen molar-refractivity contribution in [3.8, 4) is 0 Å². The Morgan fingerprint density at radius 2 is 2.13 bits per heavy atom. The van der Waals surface area contributed by atoms with Crippen molar-refractivity contribution in [3.63, 3.8) is 0 Å². The molecule has 1 aromatic carbocycles. The summed E-state index contributed by atoms with van der Waals surface area (Å²) in [4.78, 5) is 0. The number of hydrogen-bond donors (Lipinski definition) is 1. The van der Waals surface area contributed by atoms with Crippen LogP contribution in [0.5, 0.6) is 0 Å². The SMILES string of the molecule is CCS(=O)(=O)Nc1c(Cl)cc(F)cc1Br. The summed E-state index contributed by atoms with van der Waals surface area (Å²) in [6, 6.07) is 2.18. The Morgan fingerprint density at radius 3 is 2.60 bits per heavy atom. The molecule has 0 amide bonds. The van der Waals surface area contributed by atoms with Gasteiger partial charge in [0, 0.05) is 4.47 Å². The minimum atomic E-state index is -3.42. The van der Waals surface area contributed by atoms with Gasteiger partial charge < -0.3 is 0 Å². The number of halogens is 3. The zero-order valence-corrected chi connectivity index (χ0v) is 10.9. The van der Waals surface area contributed by atoms with E-state index in [0.717, 1.165) is 12.1 Å². The van der Waals surface area contributed by atoms with Gasteiger partial charge in [-0.2, -0.15) is 0 Å². The average Bonchev–Trinajstić information content (AvgIpc) is 2.11. The second-order valence-electron chi connectivity index (χ2n) is 2.75. The van der Waals surface area contributed by atoms with Crippen LogP contribution in [0.25, 0.3) is 0 Å². The van der Waals surface area contributed by atoms with Gasteiger partial charge in [-0.25, -0.2) is 12.8 Å². The average molecular weight is 317 g/mol. The molecule has 3 nitrogen and oxygen atoms in total. The number of nitrogens with one attached hydrogen (secondary N) is 1. The van der Waals surface area contributed by atoms with Crippen LogP contribution >= 0.6 is 27.5 Å². The fraction of sp³-hybridized carbons (Fsp3) is 0.250. The van der Waals surface area contributed by atoms with Crippen molar-refractivity contribution in [1.29, 1.82) is 0 Å². The smallest absolute Gasteiger partial charge is 0.232 e. The number of rotatable bonds is 3. The Bertz CT molecular complexity index is 455. The highest BCUT2D eigenvalue weighted by Gasteiger charge is 2.13. The molecule has 0 aliphatic rings. The van der Waals surface area contributed by atoms with Crippen molar-refractivity contribution >= 4 is 43.2 Å². The van der Waals surface area contributed by atoms with Crippen molar-refractivity contribution < 1.29 is 12.8 Å². The van der Waals surface area contributed by atoms with Gasteiger partial charge in [0.2, 0.25) is 10.0 Å². The summed E-state index contributed by atoms with van der Waals surface area (Å²) in [7, 11) is -3.42. The van der Waals surface area contributed by atoms with Gasteiger partial charge >= 0.3 is 0 Å². The summed E-state index contributed by atoms with van der Waals surface area (Å²) in [5.74, 6) is -0.612. The first kappa shape index (κ1) is 12.7. The van der Waals surface area contributed by atoms with Crippen LogP contribution in [0.2, 0.25) is 5.02 Å². The maximum atomic E-state index is 12.8. The summed E-state index contributed by atoms with van der Waals surface area (Å²) in [6.07, 6.45) is 0. The second-order valence-corrected chi connectivity index (χ2v) is 6.02. The molecular formula is C8H8BrClFNO2S. The van der Waals surface area contributed by atoms with Gasteiger partial charge in [-0.1, -0.05) is 11.6 Å². The summed E-state index contributed by atoms with van der Waals surface area (Å²) < 4.78 is 37.9. The monoisotopic (exact) mass is 315 g/mol. The van der Waals surface area contributed by atoms with Crippen LogP contribution in [0, 0.1) is 5.82 Å². The van der Waals surface area contributed by atoms with Crippen LogP contribution in [0.1, 0.15) is 6.92 Å². The fourth-order valence-electron chi connectivity index (χ4n) is 0.867. The number of anilines is 1. The molecule has 0 unspecified atom stereocenters. The van der Waals surface area contributed by atoms with Gasteiger partial charge in [-0.3, -0.25) is 4.72 Å². The molecule has 7 heteroatoms. The molecule has 0 bridgehead atoms. The number of hydrogen-bond acceptors (Lipinski definition) is 2. The molecule has 1 aromatic rings. The number of benzene rings is 1. The Hall–Kier alpha value is -0.330. The summed E-state index contributed by atoms with van der Waals surface area (Å²) in [5.41, 5.74) is 0.153. The van der Waals surface area contributed by atoms with Gasteiger partial charge in [-0.15, -0.1) is 0 Å². The zero-order valence-electron chi connectivity index (χ0n) is 7.72. The lowest BCUT2D eigenvalue weighted by Gasteiger charge is -2.09. The van der Waals surface area contributed by atoms with Crippen LogP contribution in [0.15, 0.2) is 16.6 Å². The summed E-state index contributed by atoms with van der Waals surface area (Å²) >= 11 is 8.73. The maximum absolute atomic E-state index is 12.8. The molecule has 1 N–H and O–H groups in total. The lowest BCUT2D eigenvalue weighted by atomic mass is 10.3. The van der Waals surface area contributed by atoms with Gasteiger partial charge in [0.15, 0.2) is 0 Å². The van der Waals surface area contributed by atoms with Crippen molar-refractivity contribution in [2.24, 2.45) is 0 Å². The predicted molar refractivity (Wildman–Crippen MR) is 62.2 cm³/mol. The first-order valence-corrected chi connectivity index (χ1v) is 6.83. The van der Waals surface area contributed by atoms with Crippen LogP contribution in [-0.4, -0.2) is 14.2 Å². The Kier molecular flexibility index (Phi) is 3.97. The van der Waals surface area contributed by atoms with Crippen LogP contribution in [0.3, 0.4) is 0 Å². The minimum Gasteiger partial charge on any atom is -0.281 e. The van der Waals surface area contributed by atoms with Crippen molar-refractivity contribution in [3.05, 3.63) is 27.4 Å². The molecule has 0 spiro atoms. The van der Waals surface area contributed by atoms with E-state index in [0.29, 0.717) is 0 Å². The molecule has 0 heterocycles. The normalized spacial score (nSPS) is 11.5. The molecule has 84 valence electrons. The zero-order chi connectivity index (χ0) is 11.6. The van der Waals surface area contributed by atoms with E-state index in [-0.39, 0.29) is 20.9 Å². The summed E-state index contributed by atoms with van der Waals surface area (Å²) in [6.45, 7) is 1.49. The minimum absolute atomic E-state index is 0.0129. The highest BCUT2D eigenvalue weighted by Crippen LogP contribution is 2.32. The molecular weight excluding hydrogens is 309 g/mol. The Balaban J connectivity index is 3.17. The maximum Gasteiger partial charge on any atom is 0.232 e. The Labute approximate surface area is 101 Å². The molecule has 0 aromatic heterocycles. The first-order chi connectivity index (χ1) is 6.85. The third-order valence-corrected chi connectivity index (χ3v) is 3.84. The highest BCUT2D eigenvalue weighted by molar-refractivity contribution is 9.10. The van der Waals surface area contributed by atoms with Crippen LogP contribution < -0.4 is 4.72 Å². The fourth-order valence-corrected chi connectivity index (χ4v) is 2.63. The molecule has 0 radical (unpaired) electrons. The van der Waals surface area contributed by atoms with E-state index in [4.69, 9.17) is 11.6 Å². The van der Waals surface area contributed by atoms with Crippen LogP contribution in [0.4, 0.5) is 10.1 Å². The van der Waals surface area contributed by atoms with Crippen molar-refractivity contribution in [2.75, 3.05) is 10.5 Å². The van der Waals surface area contributed by atoms with E-state index >= 15 is 0 Å². The molecule has 0 aliphatic heterocycles. The topological polar surface area (TPSA) is 46.2 Å².